The van der Waals surface area contributed by atoms with E-state index in [4.69, 9.17) is 4.74 Å². The molecule has 0 aliphatic carbocycles. The summed E-state index contributed by atoms with van der Waals surface area (Å²) < 4.78 is 35.5. The molecule has 2 heterocycles. The van der Waals surface area contributed by atoms with Gasteiger partial charge in [-0.3, -0.25) is 9.59 Å². The van der Waals surface area contributed by atoms with Crippen LogP contribution in [0, 0.1) is 5.92 Å². The monoisotopic (exact) mass is 530 g/mol. The third-order valence-electron chi connectivity index (χ3n) is 6.20. The van der Waals surface area contributed by atoms with E-state index >= 15 is 0 Å². The van der Waals surface area contributed by atoms with Gasteiger partial charge >= 0.3 is 0 Å². The zero-order valence-corrected chi connectivity index (χ0v) is 22.2. The Morgan fingerprint density at radius 2 is 1.83 bits per heavy atom. The van der Waals surface area contributed by atoms with Crippen molar-refractivity contribution in [3.05, 3.63) is 52.8 Å². The van der Waals surface area contributed by atoms with Crippen molar-refractivity contribution in [2.75, 3.05) is 32.1 Å². The number of methoxy groups -OCH3 is 1. The Kier molecular flexibility index (Phi) is 8.04. The lowest BCUT2D eigenvalue weighted by molar-refractivity contribution is -0.114. The van der Waals surface area contributed by atoms with Crippen LogP contribution < -0.4 is 10.1 Å². The van der Waals surface area contributed by atoms with E-state index in [9.17, 15) is 18.0 Å². The minimum atomic E-state index is -3.59. The first kappa shape index (κ1) is 26.2. The number of anilines is 1. The third kappa shape index (κ3) is 5.75. The van der Waals surface area contributed by atoms with E-state index in [1.165, 1.54) is 46.8 Å². The number of hydrogen-bond acceptors (Lipinski definition) is 6. The van der Waals surface area contributed by atoms with Crippen LogP contribution in [0.15, 0.2) is 52.4 Å². The van der Waals surface area contributed by atoms with E-state index in [-0.39, 0.29) is 10.8 Å². The minimum Gasteiger partial charge on any atom is -0.383 e. The topological polar surface area (TPSA) is 110 Å². The van der Waals surface area contributed by atoms with Gasteiger partial charge < -0.3 is 14.6 Å². The summed E-state index contributed by atoms with van der Waals surface area (Å²) in [7, 11) is -1.99. The van der Waals surface area contributed by atoms with Gasteiger partial charge in [-0.15, -0.1) is 0 Å². The zero-order valence-electron chi connectivity index (χ0n) is 20.6. The molecule has 36 heavy (non-hydrogen) atoms. The second kappa shape index (κ2) is 11.0. The van der Waals surface area contributed by atoms with Gasteiger partial charge in [-0.2, -0.15) is 9.30 Å². The second-order valence-electron chi connectivity index (χ2n) is 8.92. The van der Waals surface area contributed by atoms with Gasteiger partial charge in [-0.1, -0.05) is 18.3 Å². The number of fused-ring (bicyclic) bond motifs is 1. The number of amides is 2. The summed E-state index contributed by atoms with van der Waals surface area (Å²) in [5.74, 6) is -0.111. The van der Waals surface area contributed by atoms with Crippen LogP contribution >= 0.6 is 11.3 Å². The molecule has 1 aliphatic heterocycles. The molecule has 0 spiro atoms. The Balaban J connectivity index is 1.63. The predicted octanol–water partition coefficient (Wildman–Crippen LogP) is 3.47. The highest BCUT2D eigenvalue weighted by molar-refractivity contribution is 7.89. The van der Waals surface area contributed by atoms with E-state index < -0.39 is 15.9 Å². The van der Waals surface area contributed by atoms with Gasteiger partial charge in [0.25, 0.3) is 5.91 Å². The Bertz CT molecular complexity index is 1430. The first-order valence-corrected chi connectivity index (χ1v) is 14.0. The molecule has 1 fully saturated rings. The molecule has 1 saturated heterocycles. The fourth-order valence-corrected chi connectivity index (χ4v) is 6.70. The average Bonchev–Trinajstić information content (AvgIpc) is 3.18. The van der Waals surface area contributed by atoms with Crippen molar-refractivity contribution in [2.24, 2.45) is 10.9 Å². The molecule has 0 unspecified atom stereocenters. The molecule has 2 aromatic carbocycles. The van der Waals surface area contributed by atoms with Gasteiger partial charge in [0.05, 0.1) is 21.7 Å². The lowest BCUT2D eigenvalue weighted by atomic mass is 10.0. The molecule has 1 aromatic heterocycles. The van der Waals surface area contributed by atoms with Crippen molar-refractivity contribution in [1.29, 1.82) is 0 Å². The largest absolute Gasteiger partial charge is 0.383 e. The van der Waals surface area contributed by atoms with Crippen molar-refractivity contribution in [2.45, 2.75) is 38.1 Å². The number of ether oxygens (including phenoxy) is 1. The van der Waals surface area contributed by atoms with Gasteiger partial charge in [-0.25, -0.2) is 8.42 Å². The fraction of sp³-hybridized carbons (Fsp3) is 0.400. The van der Waals surface area contributed by atoms with Crippen LogP contribution in [0.1, 0.15) is 37.0 Å². The van der Waals surface area contributed by atoms with E-state index in [1.54, 1.807) is 13.2 Å². The molecule has 0 saturated carbocycles. The fourth-order valence-electron chi connectivity index (χ4n) is 4.13. The number of nitrogens with zero attached hydrogens (tertiary/aromatic N) is 3. The third-order valence-corrected chi connectivity index (χ3v) is 9.15. The number of benzene rings is 2. The summed E-state index contributed by atoms with van der Waals surface area (Å²) in [5, 5.41) is 2.76. The normalized spacial score (nSPS) is 15.9. The van der Waals surface area contributed by atoms with Gasteiger partial charge in [0.15, 0.2) is 4.80 Å². The van der Waals surface area contributed by atoms with Crippen LogP contribution in [-0.4, -0.2) is 55.9 Å². The van der Waals surface area contributed by atoms with E-state index in [0.717, 1.165) is 23.1 Å². The van der Waals surface area contributed by atoms with Gasteiger partial charge in [0, 0.05) is 44.9 Å². The molecule has 11 heteroatoms. The maximum atomic E-state index is 13.0. The number of aromatic nitrogens is 1. The number of thiazole rings is 1. The summed E-state index contributed by atoms with van der Waals surface area (Å²) in [6, 6.07) is 11.5. The molecule has 1 N–H and O–H groups in total. The van der Waals surface area contributed by atoms with Crippen molar-refractivity contribution < 1.29 is 22.7 Å². The molecule has 192 valence electrons. The van der Waals surface area contributed by atoms with Gasteiger partial charge in [0.2, 0.25) is 15.9 Å². The van der Waals surface area contributed by atoms with E-state index in [1.807, 2.05) is 16.7 Å². The molecular formula is C25H30N4O5S2. The van der Waals surface area contributed by atoms with Crippen molar-refractivity contribution >= 4 is 49.1 Å². The molecule has 0 bridgehead atoms. The van der Waals surface area contributed by atoms with Crippen molar-refractivity contribution in [3.63, 3.8) is 0 Å². The highest BCUT2D eigenvalue weighted by Gasteiger charge is 2.28. The molecule has 4 rings (SSSR count). The van der Waals surface area contributed by atoms with Crippen LogP contribution in [0.25, 0.3) is 10.2 Å². The van der Waals surface area contributed by atoms with Crippen LogP contribution in [0.3, 0.4) is 0 Å². The Hall–Kier alpha value is -2.86. The Morgan fingerprint density at radius 3 is 2.47 bits per heavy atom. The molecule has 3 aromatic rings. The Morgan fingerprint density at radius 1 is 1.14 bits per heavy atom. The summed E-state index contributed by atoms with van der Waals surface area (Å²) in [6.45, 7) is 5.52. The Labute approximate surface area is 214 Å². The molecule has 0 atom stereocenters. The first-order valence-electron chi connectivity index (χ1n) is 11.8. The summed E-state index contributed by atoms with van der Waals surface area (Å²) in [5.41, 5.74) is 1.83. The van der Waals surface area contributed by atoms with Gasteiger partial charge in [0.1, 0.15) is 0 Å². The van der Waals surface area contributed by atoms with Crippen molar-refractivity contribution in [3.8, 4) is 0 Å². The van der Waals surface area contributed by atoms with Gasteiger partial charge in [-0.05, 0) is 61.2 Å². The SMILES string of the molecule is COCCn1c(=NC(=O)c2ccc(S(=O)(=O)N3CCC(C)CC3)cc2)sc2cc(NC(C)=O)ccc21. The highest BCUT2D eigenvalue weighted by Crippen LogP contribution is 2.24. The molecule has 1 aliphatic rings. The lowest BCUT2D eigenvalue weighted by Crippen LogP contribution is -2.37. The van der Waals surface area contributed by atoms with Crippen LogP contribution in [0.4, 0.5) is 5.69 Å². The minimum absolute atomic E-state index is 0.168. The average molecular weight is 531 g/mol. The second-order valence-corrected chi connectivity index (χ2v) is 11.9. The number of rotatable bonds is 7. The molecule has 0 radical (unpaired) electrons. The number of hydrogen-bond donors (Lipinski definition) is 1. The number of nitrogens with one attached hydrogen (secondary N) is 1. The number of sulfonamides is 1. The summed E-state index contributed by atoms with van der Waals surface area (Å²) in [4.78, 5) is 29.4. The number of carbonyl (C=O) groups is 2. The standard InChI is InChI=1S/C25H30N4O5S2/c1-17-10-12-28(13-11-17)36(32,33)21-7-4-19(5-8-21)24(31)27-25-29(14-15-34-3)22-9-6-20(26-18(2)30)16-23(22)35-25/h4-9,16-17H,10-15H2,1-3H3,(H,26,30). The zero-order chi connectivity index (χ0) is 25.9. The smallest absolute Gasteiger partial charge is 0.279 e. The maximum absolute atomic E-state index is 13.0. The van der Waals surface area contributed by atoms with Crippen LogP contribution in [0.2, 0.25) is 0 Å². The molecule has 9 nitrogen and oxygen atoms in total. The first-order chi connectivity index (χ1) is 17.2. The highest BCUT2D eigenvalue weighted by atomic mass is 32.2. The maximum Gasteiger partial charge on any atom is 0.279 e. The van der Waals surface area contributed by atoms with Crippen molar-refractivity contribution in [1.82, 2.24) is 8.87 Å². The quantitative estimate of drug-likeness (QED) is 0.503. The van der Waals surface area contributed by atoms with Crippen LogP contribution in [-0.2, 0) is 26.1 Å². The van der Waals surface area contributed by atoms with Crippen LogP contribution in [0.5, 0.6) is 0 Å². The number of carbonyl (C=O) groups excluding carboxylic acids is 2. The molecule has 2 amide bonds. The summed E-state index contributed by atoms with van der Waals surface area (Å²) >= 11 is 1.33. The van der Waals surface area contributed by atoms with E-state index in [0.29, 0.717) is 48.2 Å². The lowest BCUT2D eigenvalue weighted by Gasteiger charge is -2.29. The van der Waals surface area contributed by atoms with E-state index in [2.05, 4.69) is 17.2 Å². The number of piperidine rings is 1. The summed E-state index contributed by atoms with van der Waals surface area (Å²) in [6.07, 6.45) is 1.69. The predicted molar refractivity (Wildman–Crippen MR) is 139 cm³/mol. The molecular weight excluding hydrogens is 500 g/mol.